The molecule has 0 heterocycles. The fraction of sp³-hybridized carbons (Fsp3) is 0.862. The Kier molecular flexibility index (Phi) is 16.2. The Morgan fingerprint density at radius 1 is 1.00 bits per heavy atom. The average molecular weight is 480 g/mol. The van der Waals surface area contributed by atoms with Crippen LogP contribution in [0.1, 0.15) is 130 Å². The number of rotatable bonds is 19. The Hall–Kier alpha value is -0.770. The number of Topliss-reactive ketones (excluding diaryl/α,β-unsaturated/α-hetero) is 1. The van der Waals surface area contributed by atoms with E-state index in [0.29, 0.717) is 23.5 Å². The van der Waals surface area contributed by atoms with Crippen molar-refractivity contribution in [1.82, 2.24) is 0 Å². The molecule has 0 aromatic heterocycles. The van der Waals surface area contributed by atoms with Crippen molar-refractivity contribution in [2.24, 2.45) is 23.2 Å². The van der Waals surface area contributed by atoms with E-state index in [1.165, 1.54) is 57.8 Å². The highest BCUT2D eigenvalue weighted by Gasteiger charge is 2.43. The van der Waals surface area contributed by atoms with Crippen molar-refractivity contribution in [2.45, 2.75) is 130 Å². The van der Waals surface area contributed by atoms with Crippen LogP contribution in [-0.4, -0.2) is 17.5 Å². The zero-order valence-electron chi connectivity index (χ0n) is 22.0. The van der Waals surface area contributed by atoms with Gasteiger partial charge in [-0.15, -0.1) is 11.8 Å². The van der Waals surface area contributed by atoms with Crippen LogP contribution in [0.15, 0.2) is 11.5 Å². The molecule has 0 bridgehead atoms. The predicted molar refractivity (Wildman–Crippen MR) is 141 cm³/mol. The fourth-order valence-electron chi connectivity index (χ4n) is 6.01. The fourth-order valence-corrected chi connectivity index (χ4v) is 6.79. The summed E-state index contributed by atoms with van der Waals surface area (Å²) in [4.78, 5) is 22.5. The minimum Gasteiger partial charge on any atom is -0.550 e. The number of hydrogen-bond acceptors (Lipinski definition) is 4. The number of carbonyl (C=O) groups excluding carboxylic acids is 2. The number of hydrogen-bond donors (Lipinski definition) is 0. The molecule has 192 valence electrons. The molecule has 1 saturated carbocycles. The Labute approximate surface area is 209 Å². The monoisotopic (exact) mass is 479 g/mol. The van der Waals surface area contributed by atoms with E-state index in [0.717, 1.165) is 44.3 Å². The minimum absolute atomic E-state index is 0.0411. The van der Waals surface area contributed by atoms with Crippen LogP contribution in [-0.2, 0) is 9.59 Å². The van der Waals surface area contributed by atoms with Crippen molar-refractivity contribution in [1.29, 1.82) is 0 Å². The van der Waals surface area contributed by atoms with Gasteiger partial charge in [-0.3, -0.25) is 0 Å². The maximum absolute atomic E-state index is 11.6. The molecule has 0 N–H and O–H groups in total. The summed E-state index contributed by atoms with van der Waals surface area (Å²) in [7, 11) is 0. The predicted octanol–water partition coefficient (Wildman–Crippen LogP) is 7.72. The molecular formula is C29H51O3S-. The van der Waals surface area contributed by atoms with Gasteiger partial charge in [0.05, 0.1) is 0 Å². The van der Waals surface area contributed by atoms with Gasteiger partial charge in [0.15, 0.2) is 0 Å². The highest BCUT2D eigenvalue weighted by molar-refractivity contribution is 8.02. The second kappa shape index (κ2) is 17.6. The van der Waals surface area contributed by atoms with E-state index in [9.17, 15) is 14.7 Å². The second-order valence-corrected chi connectivity index (χ2v) is 12.1. The third-order valence-corrected chi connectivity index (χ3v) is 8.50. The Balaban J connectivity index is 2.14. The van der Waals surface area contributed by atoms with Gasteiger partial charge >= 0.3 is 0 Å². The van der Waals surface area contributed by atoms with Gasteiger partial charge in [-0.2, -0.15) is 0 Å². The summed E-state index contributed by atoms with van der Waals surface area (Å²) < 4.78 is 0. The number of thioether (sulfide) groups is 1. The Morgan fingerprint density at radius 2 is 1.67 bits per heavy atom. The van der Waals surface area contributed by atoms with Gasteiger partial charge in [-0.25, -0.2) is 0 Å². The van der Waals surface area contributed by atoms with Crippen molar-refractivity contribution in [3.8, 4) is 0 Å². The number of ketones is 1. The van der Waals surface area contributed by atoms with E-state index in [1.54, 1.807) is 6.92 Å². The van der Waals surface area contributed by atoms with Gasteiger partial charge in [0.1, 0.15) is 5.78 Å². The molecule has 33 heavy (non-hydrogen) atoms. The van der Waals surface area contributed by atoms with Crippen molar-refractivity contribution < 1.29 is 14.7 Å². The van der Waals surface area contributed by atoms with Crippen LogP contribution >= 0.6 is 11.8 Å². The standard InChI is InChI=1S/C29H52O3S/c1-24(2)27-18-17-25(3)22-29(27,23-28(31)32)19-13-9-7-5-6-8-10-14-20-33-21-15-11-12-16-26(4)30/h14,20,24-25,27H,5-13,15-19,21-23H2,1-4H3,(H,31,32)/p-1/b20-14-. The lowest BCUT2D eigenvalue weighted by Gasteiger charge is -2.49. The SMILES string of the molecule is CC(=O)CCCCCS/C=C\CCCCCCCCC1(CC(=O)[O-])CC(C)CCC1C(C)C. The molecule has 4 heteroatoms. The number of carboxylic acids is 1. The van der Waals surface area contributed by atoms with E-state index in [1.807, 2.05) is 11.8 Å². The lowest BCUT2D eigenvalue weighted by molar-refractivity contribution is -0.309. The molecule has 0 aromatic carbocycles. The van der Waals surface area contributed by atoms with E-state index >= 15 is 0 Å². The van der Waals surface area contributed by atoms with Crippen LogP contribution in [0.3, 0.4) is 0 Å². The third kappa shape index (κ3) is 13.6. The molecule has 0 saturated heterocycles. The largest absolute Gasteiger partial charge is 0.550 e. The molecule has 0 aliphatic heterocycles. The molecule has 1 rings (SSSR count). The molecule has 0 radical (unpaired) electrons. The first-order valence-corrected chi connectivity index (χ1v) is 14.8. The number of unbranched alkanes of at least 4 members (excludes halogenated alkanes) is 8. The Morgan fingerprint density at radius 3 is 2.33 bits per heavy atom. The first-order valence-electron chi connectivity index (χ1n) is 13.7. The summed E-state index contributed by atoms with van der Waals surface area (Å²) in [6.45, 7) is 8.51. The van der Waals surface area contributed by atoms with E-state index in [2.05, 4.69) is 32.3 Å². The second-order valence-electron chi connectivity index (χ2n) is 11.1. The smallest absolute Gasteiger partial charge is 0.129 e. The molecule has 3 nitrogen and oxygen atoms in total. The number of allylic oxidation sites excluding steroid dienone is 1. The van der Waals surface area contributed by atoms with Crippen LogP contribution in [0.5, 0.6) is 0 Å². The van der Waals surface area contributed by atoms with Gasteiger partial charge in [-0.1, -0.05) is 71.8 Å². The van der Waals surface area contributed by atoms with E-state index in [4.69, 9.17) is 0 Å². The third-order valence-electron chi connectivity index (χ3n) is 7.59. The van der Waals surface area contributed by atoms with Crippen LogP contribution in [0, 0.1) is 23.2 Å². The highest BCUT2D eigenvalue weighted by Crippen LogP contribution is 2.52. The van der Waals surface area contributed by atoms with Gasteiger partial charge in [-0.05, 0) is 92.6 Å². The summed E-state index contributed by atoms with van der Waals surface area (Å²) in [5, 5.41) is 13.8. The molecule has 0 aromatic rings. The first-order chi connectivity index (χ1) is 15.8. The molecule has 1 aliphatic carbocycles. The molecular weight excluding hydrogens is 428 g/mol. The van der Waals surface area contributed by atoms with Gasteiger partial charge in [0, 0.05) is 12.4 Å². The molecule has 0 amide bonds. The lowest BCUT2D eigenvalue weighted by atomic mass is 9.56. The van der Waals surface area contributed by atoms with Crippen LogP contribution in [0.2, 0.25) is 0 Å². The number of carbonyl (C=O) groups is 2. The number of aliphatic carboxylic acids is 1. The highest BCUT2D eigenvalue weighted by atomic mass is 32.2. The zero-order valence-corrected chi connectivity index (χ0v) is 22.9. The average Bonchev–Trinajstić information content (AvgIpc) is 2.72. The quantitative estimate of drug-likeness (QED) is 0.178. The zero-order chi connectivity index (χ0) is 24.5. The van der Waals surface area contributed by atoms with Crippen LogP contribution in [0.25, 0.3) is 0 Å². The summed E-state index contributed by atoms with van der Waals surface area (Å²) in [5.41, 5.74) is -0.0411. The van der Waals surface area contributed by atoms with Crippen molar-refractivity contribution in [2.75, 3.05) is 5.75 Å². The number of carboxylic acid groups (broad SMARTS) is 1. The van der Waals surface area contributed by atoms with Crippen LogP contribution in [0.4, 0.5) is 0 Å². The summed E-state index contributed by atoms with van der Waals surface area (Å²) in [5.74, 6) is 2.32. The van der Waals surface area contributed by atoms with Gasteiger partial charge < -0.3 is 14.7 Å². The Bertz CT molecular complexity index is 571. The molecule has 0 spiro atoms. The van der Waals surface area contributed by atoms with Gasteiger partial charge in [0.25, 0.3) is 0 Å². The summed E-state index contributed by atoms with van der Waals surface area (Å²) in [6.07, 6.45) is 19.9. The minimum atomic E-state index is -0.853. The van der Waals surface area contributed by atoms with E-state index < -0.39 is 5.97 Å². The first kappa shape index (κ1) is 30.3. The lowest BCUT2D eigenvalue weighted by Crippen LogP contribution is -2.43. The molecule has 1 aliphatic rings. The van der Waals surface area contributed by atoms with Gasteiger partial charge in [0.2, 0.25) is 0 Å². The summed E-state index contributed by atoms with van der Waals surface area (Å²) >= 11 is 1.89. The van der Waals surface area contributed by atoms with Crippen molar-refractivity contribution in [3.05, 3.63) is 11.5 Å². The maximum Gasteiger partial charge on any atom is 0.129 e. The summed E-state index contributed by atoms with van der Waals surface area (Å²) in [6, 6.07) is 0. The maximum atomic E-state index is 11.6. The van der Waals surface area contributed by atoms with E-state index in [-0.39, 0.29) is 11.8 Å². The van der Waals surface area contributed by atoms with Crippen molar-refractivity contribution >= 4 is 23.5 Å². The normalized spacial score (nSPS) is 23.4. The molecule has 1 fully saturated rings. The van der Waals surface area contributed by atoms with Crippen molar-refractivity contribution in [3.63, 3.8) is 0 Å². The topological polar surface area (TPSA) is 57.2 Å². The molecule has 3 atom stereocenters. The molecule has 3 unspecified atom stereocenters. The van der Waals surface area contributed by atoms with Crippen LogP contribution < -0.4 is 5.11 Å².